The van der Waals surface area contributed by atoms with Gasteiger partial charge in [0.25, 0.3) is 0 Å². The lowest BCUT2D eigenvalue weighted by atomic mass is 9.86. The second kappa shape index (κ2) is 8.67. The van der Waals surface area contributed by atoms with Gasteiger partial charge in [0, 0.05) is 37.9 Å². The number of hydrogen-bond acceptors (Lipinski definition) is 6. The molecule has 1 aromatic heterocycles. The Kier molecular flexibility index (Phi) is 6.29. The number of ether oxygens (including phenoxy) is 1. The lowest BCUT2D eigenvalue weighted by molar-refractivity contribution is 0.0398. The maximum Gasteiger partial charge on any atom is 0.136 e. The zero-order valence-electron chi connectivity index (χ0n) is 16.9. The summed E-state index contributed by atoms with van der Waals surface area (Å²) in [5.74, 6) is 2.42. The van der Waals surface area contributed by atoms with Crippen molar-refractivity contribution in [3.8, 4) is 0 Å². The predicted molar refractivity (Wildman–Crippen MR) is 111 cm³/mol. The van der Waals surface area contributed by atoms with Crippen LogP contribution in [0.2, 0.25) is 0 Å². The Bertz CT molecular complexity index is 750. The fraction of sp³-hybridized carbons (Fsp3) is 0.524. The molecule has 146 valence electrons. The van der Waals surface area contributed by atoms with Crippen LogP contribution in [0.3, 0.4) is 0 Å². The molecule has 2 aromatic rings. The number of para-hydroxylation sites is 1. The first kappa shape index (κ1) is 19.6. The number of rotatable bonds is 6. The highest BCUT2D eigenvalue weighted by atomic mass is 16.5. The molecule has 2 heterocycles. The summed E-state index contributed by atoms with van der Waals surface area (Å²) in [5, 5.41) is 6.91. The van der Waals surface area contributed by atoms with Gasteiger partial charge in [-0.05, 0) is 24.0 Å². The van der Waals surface area contributed by atoms with E-state index in [9.17, 15) is 0 Å². The summed E-state index contributed by atoms with van der Waals surface area (Å²) in [7, 11) is 0. The van der Waals surface area contributed by atoms with Gasteiger partial charge in [0.2, 0.25) is 0 Å². The number of nitrogens with zero attached hydrogens (tertiary/aromatic N) is 3. The molecule has 0 saturated carbocycles. The highest BCUT2D eigenvalue weighted by molar-refractivity contribution is 5.64. The Balaban J connectivity index is 1.67. The summed E-state index contributed by atoms with van der Waals surface area (Å²) in [6, 6.07) is 10.4. The smallest absolute Gasteiger partial charge is 0.136 e. The summed E-state index contributed by atoms with van der Waals surface area (Å²) in [6.45, 7) is 14.1. The molecule has 6 nitrogen and oxygen atoms in total. The Morgan fingerprint density at radius 2 is 1.78 bits per heavy atom. The van der Waals surface area contributed by atoms with Gasteiger partial charge in [0.15, 0.2) is 0 Å². The number of nitrogens with one attached hydrogen (secondary N) is 2. The van der Waals surface area contributed by atoms with Gasteiger partial charge in [0.1, 0.15) is 17.5 Å². The summed E-state index contributed by atoms with van der Waals surface area (Å²) < 4.78 is 5.39. The van der Waals surface area contributed by atoms with Crippen molar-refractivity contribution in [1.82, 2.24) is 14.9 Å². The predicted octanol–water partition coefficient (Wildman–Crippen LogP) is 3.57. The third-order valence-corrected chi connectivity index (χ3v) is 4.67. The number of hydrogen-bond donors (Lipinski definition) is 2. The minimum Gasteiger partial charge on any atom is -0.379 e. The molecule has 27 heavy (non-hydrogen) atoms. The molecule has 3 rings (SSSR count). The molecule has 2 N–H and O–H groups in total. The van der Waals surface area contributed by atoms with Crippen LogP contribution in [0, 0.1) is 6.92 Å². The fourth-order valence-corrected chi connectivity index (χ4v) is 3.27. The molecule has 6 heteroatoms. The van der Waals surface area contributed by atoms with E-state index in [-0.39, 0.29) is 5.41 Å². The maximum absolute atomic E-state index is 5.39. The number of morpholine rings is 1. The second-order valence-electron chi connectivity index (χ2n) is 7.99. The van der Waals surface area contributed by atoms with Crippen LogP contribution in [-0.4, -0.2) is 54.3 Å². The van der Waals surface area contributed by atoms with Crippen molar-refractivity contribution in [3.05, 3.63) is 41.7 Å². The first-order valence-electron chi connectivity index (χ1n) is 9.68. The number of benzene rings is 1. The monoisotopic (exact) mass is 369 g/mol. The van der Waals surface area contributed by atoms with Crippen molar-refractivity contribution in [2.45, 2.75) is 33.1 Å². The fourth-order valence-electron chi connectivity index (χ4n) is 3.27. The zero-order chi connectivity index (χ0) is 19.3. The van der Waals surface area contributed by atoms with Crippen LogP contribution in [-0.2, 0) is 10.2 Å². The molecule has 0 atom stereocenters. The van der Waals surface area contributed by atoms with Crippen molar-refractivity contribution in [3.63, 3.8) is 0 Å². The number of anilines is 3. The Labute approximate surface area is 162 Å². The third-order valence-electron chi connectivity index (χ3n) is 4.67. The van der Waals surface area contributed by atoms with E-state index in [1.807, 2.05) is 19.1 Å². The maximum atomic E-state index is 5.39. The van der Waals surface area contributed by atoms with Gasteiger partial charge in [-0.3, -0.25) is 4.90 Å². The van der Waals surface area contributed by atoms with Gasteiger partial charge < -0.3 is 15.4 Å². The summed E-state index contributed by atoms with van der Waals surface area (Å²) in [6.07, 6.45) is 0. The van der Waals surface area contributed by atoms with Crippen LogP contribution >= 0.6 is 0 Å². The van der Waals surface area contributed by atoms with E-state index in [0.29, 0.717) is 0 Å². The summed E-state index contributed by atoms with van der Waals surface area (Å²) in [5.41, 5.74) is 2.41. The normalized spacial score (nSPS) is 15.6. The van der Waals surface area contributed by atoms with E-state index < -0.39 is 0 Å². The minimum atomic E-state index is 0.0604. The van der Waals surface area contributed by atoms with Gasteiger partial charge in [-0.25, -0.2) is 9.97 Å². The SMILES string of the molecule is Cc1nc(NCCN2CCOCC2)cc(Nc2ccccc2C(C)(C)C)n1. The van der Waals surface area contributed by atoms with Gasteiger partial charge >= 0.3 is 0 Å². The topological polar surface area (TPSA) is 62.3 Å². The van der Waals surface area contributed by atoms with E-state index in [0.717, 1.165) is 62.5 Å². The van der Waals surface area contributed by atoms with Crippen LogP contribution < -0.4 is 10.6 Å². The van der Waals surface area contributed by atoms with Crippen molar-refractivity contribution in [2.75, 3.05) is 50.0 Å². The van der Waals surface area contributed by atoms with Crippen molar-refractivity contribution < 1.29 is 4.74 Å². The Hall–Kier alpha value is -2.18. The highest BCUT2D eigenvalue weighted by Crippen LogP contribution is 2.31. The molecule has 1 fully saturated rings. The lowest BCUT2D eigenvalue weighted by Gasteiger charge is -2.26. The van der Waals surface area contributed by atoms with Gasteiger partial charge in [-0.1, -0.05) is 39.0 Å². The van der Waals surface area contributed by atoms with E-state index >= 15 is 0 Å². The van der Waals surface area contributed by atoms with E-state index in [2.05, 4.69) is 64.5 Å². The molecule has 1 aliphatic heterocycles. The second-order valence-corrected chi connectivity index (χ2v) is 7.99. The average Bonchev–Trinajstić information content (AvgIpc) is 2.62. The molecular weight excluding hydrogens is 338 g/mol. The van der Waals surface area contributed by atoms with E-state index in [1.54, 1.807) is 0 Å². The quantitative estimate of drug-likeness (QED) is 0.812. The van der Waals surface area contributed by atoms with Crippen LogP contribution in [0.5, 0.6) is 0 Å². The molecule has 0 spiro atoms. The molecule has 0 aliphatic carbocycles. The first-order chi connectivity index (χ1) is 12.9. The van der Waals surface area contributed by atoms with Gasteiger partial charge in [-0.15, -0.1) is 0 Å². The average molecular weight is 370 g/mol. The molecule has 0 radical (unpaired) electrons. The van der Waals surface area contributed by atoms with Crippen LogP contribution in [0.1, 0.15) is 32.2 Å². The number of aryl methyl sites for hydroxylation is 1. The van der Waals surface area contributed by atoms with Crippen LogP contribution in [0.25, 0.3) is 0 Å². The van der Waals surface area contributed by atoms with Gasteiger partial charge in [-0.2, -0.15) is 0 Å². The molecule has 0 amide bonds. The van der Waals surface area contributed by atoms with Crippen LogP contribution in [0.4, 0.5) is 17.3 Å². The molecule has 0 bridgehead atoms. The van der Waals surface area contributed by atoms with Gasteiger partial charge in [0.05, 0.1) is 13.2 Å². The summed E-state index contributed by atoms with van der Waals surface area (Å²) >= 11 is 0. The van der Waals surface area contributed by atoms with E-state index in [1.165, 1.54) is 5.56 Å². The lowest BCUT2D eigenvalue weighted by Crippen LogP contribution is -2.39. The standard InChI is InChI=1S/C21H31N5O/c1-16-23-19(22-9-10-26-11-13-27-14-12-26)15-20(24-16)25-18-8-6-5-7-17(18)21(2,3)4/h5-8,15H,9-14H2,1-4H3,(H2,22,23,24,25). The van der Waals surface area contributed by atoms with Crippen molar-refractivity contribution >= 4 is 17.3 Å². The Morgan fingerprint density at radius 1 is 1.07 bits per heavy atom. The molecular formula is C21H31N5O. The van der Waals surface area contributed by atoms with Crippen molar-refractivity contribution in [2.24, 2.45) is 0 Å². The zero-order valence-corrected chi connectivity index (χ0v) is 16.9. The molecule has 1 aliphatic rings. The Morgan fingerprint density at radius 3 is 2.52 bits per heavy atom. The first-order valence-corrected chi connectivity index (χ1v) is 9.68. The molecule has 1 aromatic carbocycles. The van der Waals surface area contributed by atoms with E-state index in [4.69, 9.17) is 4.74 Å². The van der Waals surface area contributed by atoms with Crippen molar-refractivity contribution in [1.29, 1.82) is 0 Å². The largest absolute Gasteiger partial charge is 0.379 e. The summed E-state index contributed by atoms with van der Waals surface area (Å²) in [4.78, 5) is 11.5. The third kappa shape index (κ3) is 5.65. The highest BCUT2D eigenvalue weighted by Gasteiger charge is 2.18. The minimum absolute atomic E-state index is 0.0604. The number of aromatic nitrogens is 2. The van der Waals surface area contributed by atoms with Crippen LogP contribution in [0.15, 0.2) is 30.3 Å². The molecule has 0 unspecified atom stereocenters. The molecule has 1 saturated heterocycles.